The average molecular weight is 387 g/mol. The Morgan fingerprint density at radius 1 is 1.35 bits per heavy atom. The fourth-order valence-corrected chi connectivity index (χ4v) is 2.26. The van der Waals surface area contributed by atoms with Crippen molar-refractivity contribution < 1.29 is 28.8 Å². The molecule has 0 bridgehead atoms. The van der Waals surface area contributed by atoms with Gasteiger partial charge in [-0.2, -0.15) is 0 Å². The number of esters is 2. The predicted molar refractivity (Wildman–Crippen MR) is 91.8 cm³/mol. The molecule has 1 rings (SSSR count). The molecule has 0 aliphatic heterocycles. The van der Waals surface area contributed by atoms with Crippen LogP contribution < -0.4 is 5.32 Å². The molecular weight excluding hydrogens is 368 g/mol. The summed E-state index contributed by atoms with van der Waals surface area (Å²) >= 11 is 5.82. The van der Waals surface area contributed by atoms with Crippen LogP contribution in [0.1, 0.15) is 30.6 Å². The Balaban J connectivity index is 2.70. The summed E-state index contributed by atoms with van der Waals surface area (Å²) in [5.41, 5.74) is -0.393. The monoisotopic (exact) mass is 386 g/mol. The van der Waals surface area contributed by atoms with Gasteiger partial charge in [0.15, 0.2) is 6.61 Å². The minimum Gasteiger partial charge on any atom is -0.467 e. The van der Waals surface area contributed by atoms with Crippen molar-refractivity contribution >= 4 is 35.1 Å². The molecule has 0 saturated carbocycles. The van der Waals surface area contributed by atoms with E-state index in [2.05, 4.69) is 10.1 Å². The molecule has 0 radical (unpaired) electrons. The molecule has 0 heterocycles. The van der Waals surface area contributed by atoms with Gasteiger partial charge in [-0.15, -0.1) is 0 Å². The maximum absolute atomic E-state index is 12.0. The summed E-state index contributed by atoms with van der Waals surface area (Å²) in [5.74, 6) is -2.38. The molecule has 0 fully saturated rings. The van der Waals surface area contributed by atoms with Gasteiger partial charge in [-0.25, -0.2) is 9.59 Å². The summed E-state index contributed by atoms with van der Waals surface area (Å²) in [6.45, 7) is 2.98. The number of hydrogen-bond acceptors (Lipinski definition) is 7. The molecule has 0 unspecified atom stereocenters. The summed E-state index contributed by atoms with van der Waals surface area (Å²) in [5, 5.41) is 12.9. The van der Waals surface area contributed by atoms with Gasteiger partial charge in [0.2, 0.25) is 0 Å². The molecule has 0 aliphatic rings. The molecule has 1 N–H and O–H groups in total. The van der Waals surface area contributed by atoms with E-state index in [0.29, 0.717) is 6.42 Å². The lowest BCUT2D eigenvalue weighted by Crippen LogP contribution is -2.47. The lowest BCUT2D eigenvalue weighted by Gasteiger charge is -2.21. The van der Waals surface area contributed by atoms with Crippen molar-refractivity contribution in [2.45, 2.75) is 26.3 Å². The van der Waals surface area contributed by atoms with E-state index in [1.54, 1.807) is 6.92 Å². The van der Waals surface area contributed by atoms with E-state index in [9.17, 15) is 24.5 Å². The van der Waals surface area contributed by atoms with Crippen LogP contribution >= 0.6 is 11.6 Å². The minimum atomic E-state index is -0.918. The predicted octanol–water partition coefficient (Wildman–Crippen LogP) is 2.11. The molecule has 10 heteroatoms. The number of nitro groups is 1. The first-order valence-electron chi connectivity index (χ1n) is 7.69. The number of rotatable bonds is 8. The van der Waals surface area contributed by atoms with E-state index < -0.39 is 35.4 Å². The summed E-state index contributed by atoms with van der Waals surface area (Å²) in [7, 11) is 1.21. The molecule has 0 saturated heterocycles. The highest BCUT2D eigenvalue weighted by Crippen LogP contribution is 2.23. The quantitative estimate of drug-likeness (QED) is 0.412. The van der Waals surface area contributed by atoms with Crippen molar-refractivity contribution in [3.05, 3.63) is 38.9 Å². The Morgan fingerprint density at radius 3 is 2.50 bits per heavy atom. The second-order valence-electron chi connectivity index (χ2n) is 5.45. The fraction of sp³-hybridized carbons (Fsp3) is 0.438. The van der Waals surface area contributed by atoms with Gasteiger partial charge >= 0.3 is 11.9 Å². The smallest absolute Gasteiger partial charge is 0.340 e. The highest BCUT2D eigenvalue weighted by molar-refractivity contribution is 6.33. The molecule has 0 aliphatic carbocycles. The van der Waals surface area contributed by atoms with Crippen molar-refractivity contribution in [3.8, 4) is 0 Å². The van der Waals surface area contributed by atoms with Crippen LogP contribution in [0.25, 0.3) is 0 Å². The standard InChI is InChI=1S/C16H19ClN2O7/c1-4-9(2)14(16(22)25-3)18-13(20)8-26-15(21)11-6-5-10(19(23)24)7-12(11)17/h5-7,9,14H,4,8H2,1-3H3,(H,18,20)/t9-,14+/m1/s1. The SMILES string of the molecule is CC[C@@H](C)[C@H](NC(=O)COC(=O)c1ccc([N+](=O)[O-])cc1Cl)C(=O)OC. The molecule has 26 heavy (non-hydrogen) atoms. The van der Waals surface area contributed by atoms with Crippen LogP contribution in [0.2, 0.25) is 5.02 Å². The maximum Gasteiger partial charge on any atom is 0.340 e. The number of nitrogens with zero attached hydrogens (tertiary/aromatic N) is 1. The number of hydrogen-bond donors (Lipinski definition) is 1. The molecule has 1 aromatic carbocycles. The zero-order valence-corrected chi connectivity index (χ0v) is 15.2. The highest BCUT2D eigenvalue weighted by atomic mass is 35.5. The van der Waals surface area contributed by atoms with Gasteiger partial charge in [-0.1, -0.05) is 31.9 Å². The first kappa shape index (κ1) is 21.4. The van der Waals surface area contributed by atoms with Crippen molar-refractivity contribution in [1.82, 2.24) is 5.32 Å². The zero-order valence-electron chi connectivity index (χ0n) is 14.5. The van der Waals surface area contributed by atoms with Gasteiger partial charge in [0.25, 0.3) is 11.6 Å². The number of nitrogens with one attached hydrogen (secondary N) is 1. The van der Waals surface area contributed by atoms with Gasteiger partial charge in [-0.3, -0.25) is 14.9 Å². The Labute approximate surface area is 154 Å². The van der Waals surface area contributed by atoms with Crippen molar-refractivity contribution in [2.75, 3.05) is 13.7 Å². The number of carbonyl (C=O) groups excluding carboxylic acids is 3. The summed E-state index contributed by atoms with van der Waals surface area (Å²) in [6.07, 6.45) is 0.623. The van der Waals surface area contributed by atoms with E-state index in [4.69, 9.17) is 16.3 Å². The van der Waals surface area contributed by atoms with E-state index >= 15 is 0 Å². The first-order valence-corrected chi connectivity index (χ1v) is 8.07. The zero-order chi connectivity index (χ0) is 19.9. The van der Waals surface area contributed by atoms with Crippen LogP contribution in [0.3, 0.4) is 0 Å². The summed E-state index contributed by atoms with van der Waals surface area (Å²) < 4.78 is 9.48. The highest BCUT2D eigenvalue weighted by Gasteiger charge is 2.27. The second-order valence-corrected chi connectivity index (χ2v) is 5.86. The number of halogens is 1. The van der Waals surface area contributed by atoms with Crippen LogP contribution in [0.5, 0.6) is 0 Å². The van der Waals surface area contributed by atoms with E-state index in [0.717, 1.165) is 18.2 Å². The fourth-order valence-electron chi connectivity index (χ4n) is 2.00. The first-order chi connectivity index (χ1) is 12.2. The number of methoxy groups -OCH3 is 1. The third-order valence-electron chi connectivity index (χ3n) is 3.70. The molecule has 142 valence electrons. The minimum absolute atomic E-state index is 0.114. The largest absolute Gasteiger partial charge is 0.467 e. The Morgan fingerprint density at radius 2 is 2.00 bits per heavy atom. The normalized spacial score (nSPS) is 12.6. The van der Waals surface area contributed by atoms with Gasteiger partial charge in [-0.05, 0) is 12.0 Å². The molecule has 0 spiro atoms. The van der Waals surface area contributed by atoms with Crippen molar-refractivity contribution in [2.24, 2.45) is 5.92 Å². The Hall–Kier alpha value is -2.68. The number of nitro benzene ring substituents is 1. The van der Waals surface area contributed by atoms with Gasteiger partial charge < -0.3 is 14.8 Å². The summed E-state index contributed by atoms with van der Waals surface area (Å²) in [4.78, 5) is 45.6. The average Bonchev–Trinajstić information content (AvgIpc) is 2.62. The van der Waals surface area contributed by atoms with Crippen molar-refractivity contribution in [1.29, 1.82) is 0 Å². The van der Waals surface area contributed by atoms with Gasteiger partial charge in [0.05, 0.1) is 22.6 Å². The van der Waals surface area contributed by atoms with Crippen molar-refractivity contribution in [3.63, 3.8) is 0 Å². The van der Waals surface area contributed by atoms with Gasteiger partial charge in [0.1, 0.15) is 6.04 Å². The van der Waals surface area contributed by atoms with E-state index in [1.165, 1.54) is 7.11 Å². The molecular formula is C16H19ClN2O7. The lowest BCUT2D eigenvalue weighted by molar-refractivity contribution is -0.384. The number of benzene rings is 1. The van der Waals surface area contributed by atoms with Crippen LogP contribution in [0.4, 0.5) is 5.69 Å². The molecule has 9 nitrogen and oxygen atoms in total. The number of carbonyl (C=O) groups is 3. The second kappa shape index (κ2) is 9.71. The maximum atomic E-state index is 12.0. The molecule has 1 aromatic rings. The van der Waals surface area contributed by atoms with E-state index in [1.807, 2.05) is 6.92 Å². The Kier molecular flexibility index (Phi) is 7.98. The summed E-state index contributed by atoms with van der Waals surface area (Å²) in [6, 6.07) is 2.38. The molecule has 1 amide bonds. The van der Waals surface area contributed by atoms with Crippen LogP contribution in [0, 0.1) is 16.0 Å². The number of non-ortho nitro benzene ring substituents is 1. The van der Waals surface area contributed by atoms with E-state index in [-0.39, 0.29) is 22.2 Å². The Bertz CT molecular complexity index is 708. The third-order valence-corrected chi connectivity index (χ3v) is 4.02. The van der Waals surface area contributed by atoms with Gasteiger partial charge in [0, 0.05) is 12.1 Å². The van der Waals surface area contributed by atoms with Crippen LogP contribution in [-0.2, 0) is 19.1 Å². The third kappa shape index (κ3) is 5.69. The molecule has 0 aromatic heterocycles. The molecule has 2 atom stereocenters. The van der Waals surface area contributed by atoms with Crippen LogP contribution in [-0.4, -0.2) is 42.5 Å². The van der Waals surface area contributed by atoms with Crippen LogP contribution in [0.15, 0.2) is 18.2 Å². The topological polar surface area (TPSA) is 125 Å². The number of amides is 1. The number of ether oxygens (including phenoxy) is 2. The lowest BCUT2D eigenvalue weighted by atomic mass is 9.99.